The molecule has 0 aliphatic carbocycles. The maximum Gasteiger partial charge on any atom is 0.337 e. The molecule has 0 unspecified atom stereocenters. The van der Waals surface area contributed by atoms with Gasteiger partial charge < -0.3 is 24.8 Å². The fraction of sp³-hybridized carbons (Fsp3) is 0.286. The number of benzene rings is 2. The van der Waals surface area contributed by atoms with Crippen LogP contribution in [-0.2, 0) is 16.0 Å². The molecule has 0 saturated heterocycles. The summed E-state index contributed by atoms with van der Waals surface area (Å²) in [5.41, 5.74) is 1.87. The molecule has 0 aromatic heterocycles. The number of likely N-dealkylation sites (N-methyl/N-ethyl adjacent to an activating group) is 1. The number of rotatable bonds is 9. The first-order valence-corrected chi connectivity index (χ1v) is 8.95. The quantitative estimate of drug-likeness (QED) is 0.620. The summed E-state index contributed by atoms with van der Waals surface area (Å²) >= 11 is 0. The van der Waals surface area contributed by atoms with Crippen molar-refractivity contribution in [1.29, 1.82) is 0 Å². The lowest BCUT2D eigenvalue weighted by Crippen LogP contribution is -2.26. The molecule has 0 spiro atoms. The van der Waals surface area contributed by atoms with Crippen molar-refractivity contribution in [2.75, 3.05) is 34.4 Å². The van der Waals surface area contributed by atoms with Gasteiger partial charge in [-0.3, -0.25) is 9.59 Å². The van der Waals surface area contributed by atoms with Crippen LogP contribution in [0.2, 0.25) is 0 Å². The number of nitrogens with one attached hydrogen (secondary N) is 2. The van der Waals surface area contributed by atoms with Crippen molar-refractivity contribution < 1.29 is 28.6 Å². The Morgan fingerprint density at radius 3 is 2.24 bits per heavy atom. The fourth-order valence-corrected chi connectivity index (χ4v) is 2.49. The van der Waals surface area contributed by atoms with Gasteiger partial charge in [-0.2, -0.15) is 0 Å². The van der Waals surface area contributed by atoms with Gasteiger partial charge in [-0.05, 0) is 42.3 Å². The molecule has 2 rings (SSSR count). The van der Waals surface area contributed by atoms with E-state index in [1.54, 1.807) is 30.3 Å². The average molecular weight is 400 g/mol. The summed E-state index contributed by atoms with van der Waals surface area (Å²) in [6, 6.07) is 11.8. The van der Waals surface area contributed by atoms with E-state index in [9.17, 15) is 14.4 Å². The highest BCUT2D eigenvalue weighted by Crippen LogP contribution is 2.28. The van der Waals surface area contributed by atoms with Crippen molar-refractivity contribution in [3.8, 4) is 11.5 Å². The van der Waals surface area contributed by atoms with Crippen LogP contribution in [0, 0.1) is 0 Å². The predicted molar refractivity (Wildman–Crippen MR) is 106 cm³/mol. The lowest BCUT2D eigenvalue weighted by Gasteiger charge is -2.12. The molecule has 2 N–H and O–H groups in total. The van der Waals surface area contributed by atoms with Crippen LogP contribution in [0.1, 0.15) is 26.3 Å². The molecule has 0 atom stereocenters. The smallest absolute Gasteiger partial charge is 0.337 e. The summed E-state index contributed by atoms with van der Waals surface area (Å²) in [7, 11) is 4.31. The first-order valence-electron chi connectivity index (χ1n) is 8.95. The SMILES string of the molecule is CNC(=O)COc1ccc(C(=O)NCCc2ccc(C(=O)OC)cc2)cc1OC. The minimum Gasteiger partial charge on any atom is -0.493 e. The number of carbonyl (C=O) groups excluding carboxylic acids is 3. The van der Waals surface area contributed by atoms with Gasteiger partial charge in [0, 0.05) is 19.2 Å². The van der Waals surface area contributed by atoms with Crippen molar-refractivity contribution >= 4 is 17.8 Å². The van der Waals surface area contributed by atoms with Gasteiger partial charge in [0.15, 0.2) is 18.1 Å². The van der Waals surface area contributed by atoms with E-state index in [0.29, 0.717) is 35.6 Å². The van der Waals surface area contributed by atoms with Crippen LogP contribution in [0.3, 0.4) is 0 Å². The second-order valence-corrected chi connectivity index (χ2v) is 6.02. The molecule has 0 heterocycles. The van der Waals surface area contributed by atoms with E-state index in [2.05, 4.69) is 15.4 Å². The molecule has 8 heteroatoms. The van der Waals surface area contributed by atoms with Crippen molar-refractivity contribution in [1.82, 2.24) is 10.6 Å². The Labute approximate surface area is 169 Å². The van der Waals surface area contributed by atoms with Crippen molar-refractivity contribution in [3.63, 3.8) is 0 Å². The second-order valence-electron chi connectivity index (χ2n) is 6.02. The maximum atomic E-state index is 12.4. The molecule has 2 aromatic rings. The van der Waals surface area contributed by atoms with Crippen LogP contribution in [0.15, 0.2) is 42.5 Å². The third kappa shape index (κ3) is 6.24. The van der Waals surface area contributed by atoms with Gasteiger partial charge in [0.05, 0.1) is 19.8 Å². The molecular formula is C21H24N2O6. The topological polar surface area (TPSA) is 103 Å². The zero-order valence-electron chi connectivity index (χ0n) is 16.6. The van der Waals surface area contributed by atoms with Gasteiger partial charge in [0.1, 0.15) is 0 Å². The molecule has 0 fully saturated rings. The van der Waals surface area contributed by atoms with Crippen LogP contribution in [-0.4, -0.2) is 52.2 Å². The van der Waals surface area contributed by atoms with Crippen molar-refractivity contribution in [2.24, 2.45) is 0 Å². The summed E-state index contributed by atoms with van der Waals surface area (Å²) in [5, 5.41) is 5.29. The van der Waals surface area contributed by atoms with E-state index in [4.69, 9.17) is 9.47 Å². The lowest BCUT2D eigenvalue weighted by atomic mass is 10.1. The standard InChI is InChI=1S/C21H24N2O6/c1-22-19(24)13-29-17-9-8-16(12-18(17)27-2)20(25)23-11-10-14-4-6-15(7-5-14)21(26)28-3/h4-9,12H,10-11,13H2,1-3H3,(H,22,24)(H,23,25). The predicted octanol–water partition coefficient (Wildman–Crippen LogP) is 1.58. The maximum absolute atomic E-state index is 12.4. The Hall–Kier alpha value is -3.55. The van der Waals surface area contributed by atoms with E-state index in [1.807, 2.05) is 12.1 Å². The van der Waals surface area contributed by atoms with Crippen molar-refractivity contribution in [3.05, 3.63) is 59.2 Å². The third-order valence-corrected chi connectivity index (χ3v) is 4.14. The summed E-state index contributed by atoms with van der Waals surface area (Å²) in [4.78, 5) is 35.1. The van der Waals surface area contributed by atoms with Gasteiger partial charge in [-0.1, -0.05) is 12.1 Å². The number of esters is 1. The fourth-order valence-electron chi connectivity index (χ4n) is 2.49. The lowest BCUT2D eigenvalue weighted by molar-refractivity contribution is -0.122. The highest BCUT2D eigenvalue weighted by molar-refractivity contribution is 5.95. The van der Waals surface area contributed by atoms with E-state index in [0.717, 1.165) is 5.56 Å². The van der Waals surface area contributed by atoms with Crippen LogP contribution in [0.25, 0.3) is 0 Å². The largest absolute Gasteiger partial charge is 0.493 e. The van der Waals surface area contributed by atoms with E-state index >= 15 is 0 Å². The van der Waals surface area contributed by atoms with Crippen LogP contribution in [0.4, 0.5) is 0 Å². The molecule has 8 nitrogen and oxygen atoms in total. The van der Waals surface area contributed by atoms with E-state index < -0.39 is 0 Å². The summed E-state index contributed by atoms with van der Waals surface area (Å²) in [5.74, 6) is -0.180. The summed E-state index contributed by atoms with van der Waals surface area (Å²) in [6.07, 6.45) is 0.609. The van der Waals surface area contributed by atoms with Crippen LogP contribution < -0.4 is 20.1 Å². The van der Waals surface area contributed by atoms with Gasteiger partial charge >= 0.3 is 5.97 Å². The van der Waals surface area contributed by atoms with Crippen molar-refractivity contribution in [2.45, 2.75) is 6.42 Å². The Bertz CT molecular complexity index is 864. The molecule has 2 aromatic carbocycles. The van der Waals surface area contributed by atoms with Crippen LogP contribution in [0.5, 0.6) is 11.5 Å². The molecule has 154 valence electrons. The summed E-state index contributed by atoms with van der Waals surface area (Å²) in [6.45, 7) is 0.279. The molecule has 0 aliphatic heterocycles. The first-order chi connectivity index (χ1) is 14.0. The Balaban J connectivity index is 1.91. The van der Waals surface area contributed by atoms with Gasteiger partial charge in [0.25, 0.3) is 11.8 Å². The number of methoxy groups -OCH3 is 2. The second kappa shape index (κ2) is 10.7. The van der Waals surface area contributed by atoms with E-state index in [1.165, 1.54) is 21.3 Å². The Morgan fingerprint density at radius 2 is 1.62 bits per heavy atom. The normalized spacial score (nSPS) is 10.0. The molecule has 0 bridgehead atoms. The third-order valence-electron chi connectivity index (χ3n) is 4.14. The Kier molecular flexibility index (Phi) is 8.02. The Morgan fingerprint density at radius 1 is 0.931 bits per heavy atom. The number of amides is 2. The first kappa shape index (κ1) is 21.7. The minimum atomic E-state index is -0.387. The van der Waals surface area contributed by atoms with E-state index in [-0.39, 0.29) is 24.4 Å². The zero-order chi connectivity index (χ0) is 21.2. The highest BCUT2D eigenvalue weighted by atomic mass is 16.5. The van der Waals surface area contributed by atoms with Gasteiger partial charge in [0.2, 0.25) is 0 Å². The monoisotopic (exact) mass is 400 g/mol. The average Bonchev–Trinajstić information content (AvgIpc) is 2.77. The number of hydrogen-bond acceptors (Lipinski definition) is 6. The van der Waals surface area contributed by atoms with Crippen LogP contribution >= 0.6 is 0 Å². The molecule has 0 saturated carbocycles. The number of ether oxygens (including phenoxy) is 3. The molecule has 29 heavy (non-hydrogen) atoms. The highest BCUT2D eigenvalue weighted by Gasteiger charge is 2.12. The summed E-state index contributed by atoms with van der Waals surface area (Å²) < 4.78 is 15.3. The molecular weight excluding hydrogens is 376 g/mol. The molecule has 0 aliphatic rings. The molecule has 2 amide bonds. The minimum absolute atomic E-state index is 0.146. The molecule has 0 radical (unpaired) electrons. The number of carbonyl (C=O) groups is 3. The number of hydrogen-bond donors (Lipinski definition) is 2. The van der Waals surface area contributed by atoms with Gasteiger partial charge in [-0.15, -0.1) is 0 Å². The van der Waals surface area contributed by atoms with Gasteiger partial charge in [-0.25, -0.2) is 4.79 Å². The zero-order valence-corrected chi connectivity index (χ0v) is 16.6.